The Morgan fingerprint density at radius 3 is 1.70 bits per heavy atom. The average molecular weight is 479 g/mol. The zero-order valence-corrected chi connectivity index (χ0v) is 19.1. The predicted molar refractivity (Wildman–Crippen MR) is 117 cm³/mol. The first-order chi connectivity index (χ1) is 12.8. The Kier molecular flexibility index (Phi) is 15.4. The Morgan fingerprint density at radius 1 is 0.852 bits per heavy atom. The summed E-state index contributed by atoms with van der Waals surface area (Å²) in [7, 11) is 0. The molecule has 1 rings (SSSR count). The number of hydrogen-bond acceptors (Lipinski definition) is 3. The molecule has 1 aromatic carbocycles. The fraction of sp³-hybridized carbons (Fsp3) is 0.526. The highest BCUT2D eigenvalue weighted by molar-refractivity contribution is 6.55. The second-order valence-electron chi connectivity index (χ2n) is 5.77. The van der Waals surface area contributed by atoms with Crippen molar-refractivity contribution in [2.75, 3.05) is 6.61 Å². The number of hydrogen-bond donors (Lipinski definition) is 1. The van der Waals surface area contributed by atoms with Gasteiger partial charge in [-0.05, 0) is 6.42 Å². The molecule has 8 heteroatoms. The number of phenols is 1. The Bertz CT molecular complexity index is 501. The number of rotatable bonds is 10. The van der Waals surface area contributed by atoms with Crippen LogP contribution in [0.1, 0.15) is 58.3 Å². The SMILES string of the molecule is C=CC(=O)OCCCCCCCCCC.Oc1c(Cl)c(Cl)c(Cl)c(Cl)c1Cl. The van der Waals surface area contributed by atoms with Crippen molar-refractivity contribution in [1.29, 1.82) is 0 Å². The van der Waals surface area contributed by atoms with E-state index in [4.69, 9.17) is 62.7 Å². The Hall–Kier alpha value is -0.320. The van der Waals surface area contributed by atoms with Crippen LogP contribution >= 0.6 is 58.0 Å². The van der Waals surface area contributed by atoms with E-state index in [1.54, 1.807) is 0 Å². The summed E-state index contributed by atoms with van der Waals surface area (Å²) in [6, 6.07) is 0. The number of unbranched alkanes of at least 4 members (excludes halogenated alkanes) is 7. The molecule has 0 radical (unpaired) electrons. The largest absolute Gasteiger partial charge is 0.505 e. The van der Waals surface area contributed by atoms with Gasteiger partial charge in [0.1, 0.15) is 10.0 Å². The smallest absolute Gasteiger partial charge is 0.330 e. The summed E-state index contributed by atoms with van der Waals surface area (Å²) in [5.74, 6) is -0.671. The second-order valence-corrected chi connectivity index (χ2v) is 7.65. The third-order valence-electron chi connectivity index (χ3n) is 3.60. The highest BCUT2D eigenvalue weighted by atomic mass is 35.5. The number of carbonyl (C=O) groups is 1. The Balaban J connectivity index is 0.000000511. The monoisotopic (exact) mass is 476 g/mol. The van der Waals surface area contributed by atoms with E-state index < -0.39 is 0 Å². The molecular weight excluding hydrogens is 453 g/mol. The molecule has 27 heavy (non-hydrogen) atoms. The molecule has 3 nitrogen and oxygen atoms in total. The lowest BCUT2D eigenvalue weighted by atomic mass is 10.1. The first kappa shape index (κ1) is 26.7. The number of ether oxygens (including phenoxy) is 1. The second kappa shape index (κ2) is 15.6. The van der Waals surface area contributed by atoms with E-state index in [1.165, 1.54) is 44.6 Å². The first-order valence-corrected chi connectivity index (χ1v) is 10.7. The molecule has 0 heterocycles. The van der Waals surface area contributed by atoms with E-state index in [-0.39, 0.29) is 36.8 Å². The highest BCUT2D eigenvalue weighted by Crippen LogP contribution is 2.47. The van der Waals surface area contributed by atoms with Crippen molar-refractivity contribution < 1.29 is 14.6 Å². The predicted octanol–water partition coefficient (Wildman–Crippen LogP) is 8.52. The molecule has 0 amide bonds. The van der Waals surface area contributed by atoms with Gasteiger partial charge in [-0.2, -0.15) is 0 Å². The summed E-state index contributed by atoms with van der Waals surface area (Å²) in [4.78, 5) is 10.7. The number of phenolic OH excluding ortho intramolecular Hbond substituents is 1. The molecule has 0 atom stereocenters. The number of halogens is 5. The number of carbonyl (C=O) groups excluding carboxylic acids is 1. The van der Waals surface area contributed by atoms with Crippen LogP contribution in [0.4, 0.5) is 0 Å². The summed E-state index contributed by atoms with van der Waals surface area (Å²) >= 11 is 27.9. The van der Waals surface area contributed by atoms with Gasteiger partial charge in [-0.15, -0.1) is 0 Å². The summed E-state index contributed by atoms with van der Waals surface area (Å²) < 4.78 is 4.88. The maximum absolute atomic E-state index is 10.7. The van der Waals surface area contributed by atoms with Crippen LogP contribution in [0, 0.1) is 0 Å². The van der Waals surface area contributed by atoms with Gasteiger partial charge in [0, 0.05) is 6.08 Å². The van der Waals surface area contributed by atoms with E-state index in [9.17, 15) is 9.90 Å². The molecule has 0 fully saturated rings. The molecule has 0 aliphatic rings. The molecule has 0 saturated carbocycles. The topological polar surface area (TPSA) is 46.5 Å². The van der Waals surface area contributed by atoms with Crippen molar-refractivity contribution in [3.05, 3.63) is 37.8 Å². The number of benzene rings is 1. The van der Waals surface area contributed by atoms with Crippen molar-refractivity contribution >= 4 is 64.0 Å². The van der Waals surface area contributed by atoms with Crippen LogP contribution in [0.15, 0.2) is 12.7 Å². The molecule has 1 aromatic rings. The van der Waals surface area contributed by atoms with Crippen molar-refractivity contribution in [2.45, 2.75) is 58.3 Å². The molecule has 0 spiro atoms. The van der Waals surface area contributed by atoms with Crippen molar-refractivity contribution in [2.24, 2.45) is 0 Å². The maximum Gasteiger partial charge on any atom is 0.330 e. The van der Waals surface area contributed by atoms with Gasteiger partial charge in [-0.25, -0.2) is 4.79 Å². The highest BCUT2D eigenvalue weighted by Gasteiger charge is 2.18. The summed E-state index contributed by atoms with van der Waals surface area (Å²) in [5.41, 5.74) is 0. The van der Waals surface area contributed by atoms with Crippen LogP contribution in [0.2, 0.25) is 25.1 Å². The van der Waals surface area contributed by atoms with E-state index in [2.05, 4.69) is 13.5 Å². The van der Waals surface area contributed by atoms with Gasteiger partial charge in [0.2, 0.25) is 0 Å². The van der Waals surface area contributed by atoms with Crippen LogP contribution < -0.4 is 0 Å². The van der Waals surface area contributed by atoms with Gasteiger partial charge in [0.05, 0.1) is 21.7 Å². The molecule has 1 N–H and O–H groups in total. The lowest BCUT2D eigenvalue weighted by Crippen LogP contribution is -2.01. The van der Waals surface area contributed by atoms with Gasteiger partial charge in [-0.1, -0.05) is 116 Å². The summed E-state index contributed by atoms with van der Waals surface area (Å²) in [5, 5.41) is 9.01. The van der Waals surface area contributed by atoms with E-state index in [0.29, 0.717) is 6.61 Å². The van der Waals surface area contributed by atoms with E-state index in [1.807, 2.05) is 0 Å². The minimum atomic E-state index is -0.363. The van der Waals surface area contributed by atoms with Crippen LogP contribution in [-0.2, 0) is 9.53 Å². The van der Waals surface area contributed by atoms with E-state index >= 15 is 0 Å². The zero-order valence-electron chi connectivity index (χ0n) is 15.3. The van der Waals surface area contributed by atoms with Gasteiger partial charge < -0.3 is 9.84 Å². The fourth-order valence-corrected chi connectivity index (χ4v) is 3.19. The maximum atomic E-state index is 10.7. The standard InChI is InChI=1S/C13H24O2.C6HCl5O/c1-3-5-6-7-8-9-10-11-12-15-13(14)4-2;7-1-2(8)4(10)6(12)5(11)3(1)9/h4H,2-3,5-12H2,1H3;12H. The van der Waals surface area contributed by atoms with Crippen molar-refractivity contribution in [1.82, 2.24) is 0 Å². The summed E-state index contributed by atoms with van der Waals surface area (Å²) in [6.45, 7) is 6.11. The minimum Gasteiger partial charge on any atom is -0.505 e. The van der Waals surface area contributed by atoms with Crippen LogP contribution in [0.3, 0.4) is 0 Å². The van der Waals surface area contributed by atoms with Gasteiger partial charge in [-0.3, -0.25) is 0 Å². The zero-order chi connectivity index (χ0) is 20.8. The quantitative estimate of drug-likeness (QED) is 0.120. The molecule has 0 aromatic heterocycles. The Labute approximate surface area is 186 Å². The third-order valence-corrected chi connectivity index (χ3v) is 5.85. The Morgan fingerprint density at radius 2 is 1.26 bits per heavy atom. The van der Waals surface area contributed by atoms with Crippen LogP contribution in [0.25, 0.3) is 0 Å². The number of esters is 1. The van der Waals surface area contributed by atoms with Gasteiger partial charge in [0.25, 0.3) is 0 Å². The molecular formula is C19H25Cl5O3. The van der Waals surface area contributed by atoms with Crippen molar-refractivity contribution in [3.63, 3.8) is 0 Å². The van der Waals surface area contributed by atoms with Gasteiger partial charge >= 0.3 is 5.97 Å². The lowest BCUT2D eigenvalue weighted by molar-refractivity contribution is -0.137. The molecule has 0 saturated heterocycles. The molecule has 0 aliphatic heterocycles. The minimum absolute atomic E-state index is 0.00904. The molecule has 0 unspecified atom stereocenters. The van der Waals surface area contributed by atoms with Crippen molar-refractivity contribution in [3.8, 4) is 5.75 Å². The van der Waals surface area contributed by atoms with Crippen LogP contribution in [0.5, 0.6) is 5.75 Å². The third kappa shape index (κ3) is 10.7. The normalized spacial score (nSPS) is 10.1. The molecule has 154 valence electrons. The van der Waals surface area contributed by atoms with Gasteiger partial charge in [0.15, 0.2) is 5.75 Å². The first-order valence-electron chi connectivity index (χ1n) is 8.77. The van der Waals surface area contributed by atoms with E-state index in [0.717, 1.165) is 12.8 Å². The molecule has 0 aliphatic carbocycles. The van der Waals surface area contributed by atoms with Crippen LogP contribution in [-0.4, -0.2) is 17.7 Å². The average Bonchev–Trinajstić information content (AvgIpc) is 2.68. The molecule has 0 bridgehead atoms. The lowest BCUT2D eigenvalue weighted by Gasteiger charge is -2.06. The fourth-order valence-electron chi connectivity index (χ4n) is 2.06. The number of aromatic hydroxyl groups is 1. The summed E-state index contributed by atoms with van der Waals surface area (Å²) in [6.07, 6.45) is 11.3.